The van der Waals surface area contributed by atoms with E-state index in [9.17, 15) is 4.79 Å². The van der Waals surface area contributed by atoms with Crippen LogP contribution in [-0.2, 0) is 0 Å². The lowest BCUT2D eigenvalue weighted by molar-refractivity contribution is 0.0798. The van der Waals surface area contributed by atoms with Crippen LogP contribution in [0, 0.1) is 0 Å². The minimum atomic E-state index is 0.0313. The van der Waals surface area contributed by atoms with Gasteiger partial charge in [-0.15, -0.1) is 0 Å². The molecule has 4 heteroatoms. The summed E-state index contributed by atoms with van der Waals surface area (Å²) in [5.41, 5.74) is 1.56. The highest BCUT2D eigenvalue weighted by molar-refractivity contribution is 6.05. The number of aromatic nitrogens is 1. The standard InChI is InChI=1S/C14H17N3O/c1-15-9-10-17(2)14(18)12-7-8-16-13-6-4-3-5-11(12)13/h3-8,15H,9-10H2,1-2H3. The molecule has 0 atom stereocenters. The molecule has 0 radical (unpaired) electrons. The Morgan fingerprint density at radius 1 is 1.33 bits per heavy atom. The summed E-state index contributed by atoms with van der Waals surface area (Å²) in [6, 6.07) is 9.48. The lowest BCUT2D eigenvalue weighted by Crippen LogP contribution is -2.32. The molecule has 2 aromatic rings. The average Bonchev–Trinajstić information content (AvgIpc) is 2.43. The quantitative estimate of drug-likeness (QED) is 0.885. The van der Waals surface area contributed by atoms with Gasteiger partial charge in [-0.05, 0) is 19.2 Å². The first-order chi connectivity index (χ1) is 8.74. The minimum Gasteiger partial charge on any atom is -0.340 e. The van der Waals surface area contributed by atoms with Gasteiger partial charge >= 0.3 is 0 Å². The monoisotopic (exact) mass is 243 g/mol. The van der Waals surface area contributed by atoms with Crippen LogP contribution in [0.4, 0.5) is 0 Å². The van der Waals surface area contributed by atoms with Crippen molar-refractivity contribution in [3.8, 4) is 0 Å². The van der Waals surface area contributed by atoms with E-state index in [2.05, 4.69) is 10.3 Å². The maximum atomic E-state index is 12.3. The molecule has 1 heterocycles. The molecule has 0 spiro atoms. The number of rotatable bonds is 4. The van der Waals surface area contributed by atoms with Crippen LogP contribution < -0.4 is 5.32 Å². The molecule has 1 aromatic carbocycles. The SMILES string of the molecule is CNCCN(C)C(=O)c1ccnc2ccccc12. The molecule has 0 bridgehead atoms. The van der Waals surface area contributed by atoms with Gasteiger partial charge in [-0.25, -0.2) is 0 Å². The number of hydrogen-bond acceptors (Lipinski definition) is 3. The molecule has 0 aliphatic carbocycles. The third-order valence-corrected chi connectivity index (χ3v) is 2.92. The topological polar surface area (TPSA) is 45.2 Å². The Morgan fingerprint density at radius 3 is 2.89 bits per heavy atom. The highest BCUT2D eigenvalue weighted by Gasteiger charge is 2.14. The third-order valence-electron chi connectivity index (χ3n) is 2.92. The largest absolute Gasteiger partial charge is 0.340 e. The molecule has 0 aliphatic rings. The van der Waals surface area contributed by atoms with Gasteiger partial charge in [-0.1, -0.05) is 18.2 Å². The first kappa shape index (κ1) is 12.5. The predicted octanol–water partition coefficient (Wildman–Crippen LogP) is 1.53. The number of hydrogen-bond donors (Lipinski definition) is 1. The molecule has 1 N–H and O–H groups in total. The van der Waals surface area contributed by atoms with Crippen LogP contribution in [0.25, 0.3) is 10.9 Å². The van der Waals surface area contributed by atoms with Gasteiger partial charge in [0.25, 0.3) is 5.91 Å². The van der Waals surface area contributed by atoms with Gasteiger partial charge in [0.1, 0.15) is 0 Å². The number of pyridine rings is 1. The molecule has 0 fully saturated rings. The van der Waals surface area contributed by atoms with Crippen LogP contribution in [-0.4, -0.2) is 43.0 Å². The summed E-state index contributed by atoms with van der Waals surface area (Å²) in [6.07, 6.45) is 1.68. The second-order valence-electron chi connectivity index (χ2n) is 4.21. The number of likely N-dealkylation sites (N-methyl/N-ethyl adjacent to an activating group) is 2. The molecule has 1 amide bonds. The molecular formula is C14H17N3O. The Bertz CT molecular complexity index is 548. The third kappa shape index (κ3) is 2.49. The van der Waals surface area contributed by atoms with Crippen molar-refractivity contribution < 1.29 is 4.79 Å². The van der Waals surface area contributed by atoms with Crippen LogP contribution >= 0.6 is 0 Å². The van der Waals surface area contributed by atoms with Crippen molar-refractivity contribution in [3.63, 3.8) is 0 Å². The van der Waals surface area contributed by atoms with E-state index in [1.807, 2.05) is 38.4 Å². The number of carbonyl (C=O) groups is 1. The van der Waals surface area contributed by atoms with Crippen LogP contribution in [0.5, 0.6) is 0 Å². The van der Waals surface area contributed by atoms with E-state index in [1.54, 1.807) is 17.2 Å². The predicted molar refractivity (Wildman–Crippen MR) is 72.6 cm³/mol. The van der Waals surface area contributed by atoms with Crippen LogP contribution in [0.15, 0.2) is 36.5 Å². The summed E-state index contributed by atoms with van der Waals surface area (Å²) in [7, 11) is 3.69. The van der Waals surface area contributed by atoms with Crippen molar-refractivity contribution in [3.05, 3.63) is 42.1 Å². The molecule has 0 saturated heterocycles. The summed E-state index contributed by atoms with van der Waals surface area (Å²) in [5, 5.41) is 3.94. The van der Waals surface area contributed by atoms with Crippen LogP contribution in [0.2, 0.25) is 0 Å². The zero-order chi connectivity index (χ0) is 13.0. The van der Waals surface area contributed by atoms with E-state index in [0.29, 0.717) is 12.1 Å². The molecule has 0 saturated carbocycles. The number of benzene rings is 1. The summed E-state index contributed by atoms with van der Waals surface area (Å²) in [4.78, 5) is 18.3. The maximum Gasteiger partial charge on any atom is 0.254 e. The fourth-order valence-electron chi connectivity index (χ4n) is 1.87. The Morgan fingerprint density at radius 2 is 2.11 bits per heavy atom. The number of nitrogens with zero attached hydrogens (tertiary/aromatic N) is 2. The van der Waals surface area contributed by atoms with Gasteiger partial charge in [-0.3, -0.25) is 9.78 Å². The summed E-state index contributed by atoms with van der Waals surface area (Å²) < 4.78 is 0. The minimum absolute atomic E-state index is 0.0313. The van der Waals surface area contributed by atoms with Gasteiger partial charge in [0.05, 0.1) is 11.1 Å². The van der Waals surface area contributed by atoms with E-state index < -0.39 is 0 Å². The molecule has 94 valence electrons. The van der Waals surface area contributed by atoms with E-state index in [1.165, 1.54) is 0 Å². The van der Waals surface area contributed by atoms with E-state index in [-0.39, 0.29) is 5.91 Å². The van der Waals surface area contributed by atoms with Gasteiger partial charge < -0.3 is 10.2 Å². The molecule has 18 heavy (non-hydrogen) atoms. The van der Waals surface area contributed by atoms with E-state index in [4.69, 9.17) is 0 Å². The van der Waals surface area contributed by atoms with Gasteiger partial charge in [0, 0.05) is 31.7 Å². The van der Waals surface area contributed by atoms with Crippen molar-refractivity contribution in [1.82, 2.24) is 15.2 Å². The van der Waals surface area contributed by atoms with Crippen LogP contribution in [0.3, 0.4) is 0 Å². The van der Waals surface area contributed by atoms with E-state index in [0.717, 1.165) is 17.4 Å². The number of nitrogens with one attached hydrogen (secondary N) is 1. The van der Waals surface area contributed by atoms with Crippen molar-refractivity contribution in [2.45, 2.75) is 0 Å². The fraction of sp³-hybridized carbons (Fsp3) is 0.286. The molecule has 4 nitrogen and oxygen atoms in total. The summed E-state index contributed by atoms with van der Waals surface area (Å²) in [5.74, 6) is 0.0313. The molecule has 0 unspecified atom stereocenters. The van der Waals surface area contributed by atoms with Crippen LogP contribution in [0.1, 0.15) is 10.4 Å². The zero-order valence-corrected chi connectivity index (χ0v) is 10.7. The summed E-state index contributed by atoms with van der Waals surface area (Å²) >= 11 is 0. The molecular weight excluding hydrogens is 226 g/mol. The fourth-order valence-corrected chi connectivity index (χ4v) is 1.87. The smallest absolute Gasteiger partial charge is 0.254 e. The van der Waals surface area contributed by atoms with Crippen molar-refractivity contribution in [2.24, 2.45) is 0 Å². The first-order valence-electron chi connectivity index (χ1n) is 5.98. The molecule has 2 rings (SSSR count). The first-order valence-corrected chi connectivity index (χ1v) is 5.98. The number of carbonyl (C=O) groups excluding carboxylic acids is 1. The Hall–Kier alpha value is -1.94. The Balaban J connectivity index is 2.33. The second-order valence-corrected chi connectivity index (χ2v) is 4.21. The maximum absolute atomic E-state index is 12.3. The average molecular weight is 243 g/mol. The second kappa shape index (κ2) is 5.60. The van der Waals surface area contributed by atoms with Gasteiger partial charge in [-0.2, -0.15) is 0 Å². The van der Waals surface area contributed by atoms with Crippen molar-refractivity contribution >= 4 is 16.8 Å². The lowest BCUT2D eigenvalue weighted by atomic mass is 10.1. The van der Waals surface area contributed by atoms with E-state index >= 15 is 0 Å². The Labute approximate surface area is 107 Å². The lowest BCUT2D eigenvalue weighted by Gasteiger charge is -2.17. The molecule has 1 aromatic heterocycles. The van der Waals surface area contributed by atoms with Gasteiger partial charge in [0.2, 0.25) is 0 Å². The van der Waals surface area contributed by atoms with Crippen molar-refractivity contribution in [2.75, 3.05) is 27.2 Å². The highest BCUT2D eigenvalue weighted by atomic mass is 16.2. The number of amides is 1. The summed E-state index contributed by atoms with van der Waals surface area (Å²) in [6.45, 7) is 1.47. The highest BCUT2D eigenvalue weighted by Crippen LogP contribution is 2.17. The number of para-hydroxylation sites is 1. The normalized spacial score (nSPS) is 10.6. The zero-order valence-electron chi connectivity index (χ0n) is 10.7. The Kier molecular flexibility index (Phi) is 3.89. The number of fused-ring (bicyclic) bond motifs is 1. The van der Waals surface area contributed by atoms with Gasteiger partial charge in [0.15, 0.2) is 0 Å². The molecule has 0 aliphatic heterocycles. The van der Waals surface area contributed by atoms with Crippen molar-refractivity contribution in [1.29, 1.82) is 0 Å².